The molecule has 1 atom stereocenters. The maximum Gasteiger partial charge on any atom is 0.179 e. The van der Waals surface area contributed by atoms with Crippen molar-refractivity contribution in [2.75, 3.05) is 5.75 Å². The first-order chi connectivity index (χ1) is 8.90. The summed E-state index contributed by atoms with van der Waals surface area (Å²) in [6, 6.07) is 4.06. The van der Waals surface area contributed by atoms with Crippen LogP contribution in [0.15, 0.2) is 23.1 Å². The molecule has 0 spiro atoms. The molecule has 1 saturated carbocycles. The SMILES string of the molecule is NC(CS(=O)(=O)c1ccc(Cl)c(Cl)c1)C1CCCC1. The molecule has 0 saturated heterocycles. The van der Waals surface area contributed by atoms with Crippen LogP contribution >= 0.6 is 23.2 Å². The molecule has 1 aliphatic carbocycles. The maximum absolute atomic E-state index is 12.3. The second-order valence-electron chi connectivity index (χ2n) is 5.07. The number of hydrogen-bond acceptors (Lipinski definition) is 3. The van der Waals surface area contributed by atoms with Gasteiger partial charge in [0, 0.05) is 6.04 Å². The van der Waals surface area contributed by atoms with Crippen molar-refractivity contribution < 1.29 is 8.42 Å². The molecule has 1 unspecified atom stereocenters. The van der Waals surface area contributed by atoms with Crippen LogP contribution in [0.1, 0.15) is 25.7 Å². The normalized spacial score (nSPS) is 18.7. The lowest BCUT2D eigenvalue weighted by Gasteiger charge is -2.18. The van der Waals surface area contributed by atoms with Crippen LogP contribution in [0, 0.1) is 5.92 Å². The number of sulfone groups is 1. The minimum atomic E-state index is -3.40. The van der Waals surface area contributed by atoms with Gasteiger partial charge in [-0.1, -0.05) is 36.0 Å². The van der Waals surface area contributed by atoms with Crippen LogP contribution < -0.4 is 5.73 Å². The minimum Gasteiger partial charge on any atom is -0.327 e. The molecule has 2 N–H and O–H groups in total. The molecule has 3 nitrogen and oxygen atoms in total. The van der Waals surface area contributed by atoms with E-state index in [1.165, 1.54) is 18.2 Å². The molecule has 1 aromatic rings. The molecule has 0 aromatic heterocycles. The van der Waals surface area contributed by atoms with E-state index in [1.807, 2.05) is 0 Å². The Morgan fingerprint density at radius 1 is 1.21 bits per heavy atom. The summed E-state index contributed by atoms with van der Waals surface area (Å²) in [5, 5.41) is 0.595. The van der Waals surface area contributed by atoms with Gasteiger partial charge in [-0.3, -0.25) is 0 Å². The summed E-state index contributed by atoms with van der Waals surface area (Å²) in [7, 11) is -3.40. The van der Waals surface area contributed by atoms with Gasteiger partial charge in [0.15, 0.2) is 9.84 Å². The highest BCUT2D eigenvalue weighted by molar-refractivity contribution is 7.91. The Labute approximate surface area is 124 Å². The van der Waals surface area contributed by atoms with E-state index in [4.69, 9.17) is 28.9 Å². The van der Waals surface area contributed by atoms with E-state index in [0.717, 1.165) is 25.7 Å². The van der Waals surface area contributed by atoms with Gasteiger partial charge in [-0.15, -0.1) is 0 Å². The first-order valence-electron chi connectivity index (χ1n) is 6.33. The van der Waals surface area contributed by atoms with Crippen LogP contribution in [0.3, 0.4) is 0 Å². The molecule has 0 aliphatic heterocycles. The van der Waals surface area contributed by atoms with Gasteiger partial charge >= 0.3 is 0 Å². The van der Waals surface area contributed by atoms with Crippen LogP contribution in [0.2, 0.25) is 10.0 Å². The average molecular weight is 322 g/mol. The maximum atomic E-state index is 12.3. The van der Waals surface area contributed by atoms with Crippen molar-refractivity contribution >= 4 is 33.0 Å². The van der Waals surface area contributed by atoms with Crippen molar-refractivity contribution in [1.82, 2.24) is 0 Å². The first kappa shape index (κ1) is 15.1. The van der Waals surface area contributed by atoms with E-state index in [9.17, 15) is 8.42 Å². The summed E-state index contributed by atoms with van der Waals surface area (Å²) in [4.78, 5) is 0.190. The standard InChI is InChI=1S/C13H17Cl2NO2S/c14-11-6-5-10(7-12(11)15)19(17,18)8-13(16)9-3-1-2-4-9/h5-7,9,13H,1-4,8,16H2. The molecular weight excluding hydrogens is 305 g/mol. The highest BCUT2D eigenvalue weighted by atomic mass is 35.5. The fraction of sp³-hybridized carbons (Fsp3) is 0.538. The lowest BCUT2D eigenvalue weighted by molar-refractivity contribution is 0.455. The third-order valence-corrected chi connectivity index (χ3v) is 6.20. The summed E-state index contributed by atoms with van der Waals surface area (Å²) in [6.07, 6.45) is 4.34. The fourth-order valence-electron chi connectivity index (χ4n) is 2.54. The molecule has 1 aliphatic rings. The fourth-order valence-corrected chi connectivity index (χ4v) is 4.45. The van der Waals surface area contributed by atoms with Crippen LogP contribution in [-0.4, -0.2) is 20.2 Å². The largest absolute Gasteiger partial charge is 0.327 e. The quantitative estimate of drug-likeness (QED) is 0.925. The van der Waals surface area contributed by atoms with Gasteiger partial charge in [0.1, 0.15) is 0 Å². The Morgan fingerprint density at radius 3 is 2.42 bits per heavy atom. The van der Waals surface area contributed by atoms with Gasteiger partial charge in [-0.05, 0) is 37.0 Å². The van der Waals surface area contributed by atoms with Crippen molar-refractivity contribution in [3.05, 3.63) is 28.2 Å². The molecule has 106 valence electrons. The summed E-state index contributed by atoms with van der Waals surface area (Å²) < 4.78 is 24.6. The van der Waals surface area contributed by atoms with Crippen molar-refractivity contribution in [3.63, 3.8) is 0 Å². The lowest BCUT2D eigenvalue weighted by Crippen LogP contribution is -2.35. The van der Waals surface area contributed by atoms with E-state index in [0.29, 0.717) is 10.9 Å². The lowest BCUT2D eigenvalue weighted by atomic mass is 10.0. The Bertz CT molecular complexity index is 554. The summed E-state index contributed by atoms with van der Waals surface area (Å²) in [5.74, 6) is 0.285. The van der Waals surface area contributed by atoms with E-state index >= 15 is 0 Å². The zero-order valence-corrected chi connectivity index (χ0v) is 12.8. The van der Waals surface area contributed by atoms with Gasteiger partial charge in [0.2, 0.25) is 0 Å². The van der Waals surface area contributed by atoms with Crippen molar-refractivity contribution in [2.45, 2.75) is 36.6 Å². The van der Waals surface area contributed by atoms with Crippen molar-refractivity contribution in [3.8, 4) is 0 Å². The zero-order chi connectivity index (χ0) is 14.0. The molecule has 1 fully saturated rings. The monoisotopic (exact) mass is 321 g/mol. The number of rotatable bonds is 4. The van der Waals surface area contributed by atoms with Gasteiger partial charge in [0.25, 0.3) is 0 Å². The van der Waals surface area contributed by atoms with Gasteiger partial charge in [-0.25, -0.2) is 8.42 Å². The number of benzene rings is 1. The molecule has 1 aromatic carbocycles. The molecule has 19 heavy (non-hydrogen) atoms. The summed E-state index contributed by atoms with van der Waals surface area (Å²) in [6.45, 7) is 0. The van der Waals surface area contributed by atoms with Gasteiger partial charge in [0.05, 0.1) is 20.7 Å². The van der Waals surface area contributed by atoms with Crippen LogP contribution in [0.25, 0.3) is 0 Å². The second-order valence-corrected chi connectivity index (χ2v) is 7.91. The highest BCUT2D eigenvalue weighted by Crippen LogP contribution is 2.29. The molecule has 0 amide bonds. The molecule has 0 bridgehead atoms. The molecular formula is C13H17Cl2NO2S. The topological polar surface area (TPSA) is 60.2 Å². The number of nitrogens with two attached hydrogens (primary N) is 1. The van der Waals surface area contributed by atoms with Crippen LogP contribution in [0.4, 0.5) is 0 Å². The van der Waals surface area contributed by atoms with Crippen LogP contribution in [-0.2, 0) is 9.84 Å². The van der Waals surface area contributed by atoms with E-state index in [2.05, 4.69) is 0 Å². The Balaban J connectivity index is 2.15. The van der Waals surface area contributed by atoms with Gasteiger partial charge < -0.3 is 5.73 Å². The zero-order valence-electron chi connectivity index (χ0n) is 10.5. The predicted octanol–water partition coefficient (Wildman–Crippen LogP) is 3.28. The van der Waals surface area contributed by atoms with E-state index in [-0.39, 0.29) is 21.7 Å². The smallest absolute Gasteiger partial charge is 0.179 e. The average Bonchev–Trinajstić information content (AvgIpc) is 2.85. The number of halogens is 2. The first-order valence-corrected chi connectivity index (χ1v) is 8.74. The van der Waals surface area contributed by atoms with E-state index in [1.54, 1.807) is 0 Å². The summed E-state index contributed by atoms with van der Waals surface area (Å²) in [5.41, 5.74) is 6.03. The third-order valence-electron chi connectivity index (χ3n) is 3.67. The third kappa shape index (κ3) is 3.63. The number of hydrogen-bond donors (Lipinski definition) is 1. The molecule has 0 heterocycles. The van der Waals surface area contributed by atoms with Crippen molar-refractivity contribution in [2.24, 2.45) is 11.7 Å². The van der Waals surface area contributed by atoms with Crippen molar-refractivity contribution in [1.29, 1.82) is 0 Å². The highest BCUT2D eigenvalue weighted by Gasteiger charge is 2.27. The van der Waals surface area contributed by atoms with E-state index < -0.39 is 9.84 Å². The Kier molecular flexibility index (Phi) is 4.77. The Morgan fingerprint density at radius 2 is 1.84 bits per heavy atom. The Hall–Kier alpha value is -0.290. The molecule has 6 heteroatoms. The predicted molar refractivity (Wildman–Crippen MR) is 78.4 cm³/mol. The molecule has 0 radical (unpaired) electrons. The summed E-state index contributed by atoms with van der Waals surface area (Å²) >= 11 is 11.6. The van der Waals surface area contributed by atoms with Crippen LogP contribution in [0.5, 0.6) is 0 Å². The van der Waals surface area contributed by atoms with Gasteiger partial charge in [-0.2, -0.15) is 0 Å². The second kappa shape index (κ2) is 6.00. The molecule has 2 rings (SSSR count). The minimum absolute atomic E-state index is 0.0321.